The highest BCUT2D eigenvalue weighted by atomic mass is 32.1. The number of hydrogen-bond acceptors (Lipinski definition) is 3. The Morgan fingerprint density at radius 1 is 1.25 bits per heavy atom. The van der Waals surface area contributed by atoms with Crippen LogP contribution in [0, 0.1) is 0 Å². The fourth-order valence-electron chi connectivity index (χ4n) is 1.74. The van der Waals surface area contributed by atoms with Crippen LogP contribution in [0.1, 0.15) is 34.8 Å². The van der Waals surface area contributed by atoms with Gasteiger partial charge in [-0.3, -0.25) is 0 Å². The van der Waals surface area contributed by atoms with Crippen molar-refractivity contribution in [2.24, 2.45) is 0 Å². The molecule has 108 valence electrons. The lowest BCUT2D eigenvalue weighted by molar-refractivity contribution is -0.137. The van der Waals surface area contributed by atoms with Crippen LogP contribution in [0.25, 0.3) is 0 Å². The van der Waals surface area contributed by atoms with Crippen LogP contribution in [0.2, 0.25) is 0 Å². The van der Waals surface area contributed by atoms with E-state index in [2.05, 4.69) is 10.3 Å². The molecular formula is C14H15F3N2S. The van der Waals surface area contributed by atoms with E-state index in [0.717, 1.165) is 28.4 Å². The number of rotatable bonds is 4. The molecule has 0 radical (unpaired) electrons. The van der Waals surface area contributed by atoms with Crippen LogP contribution in [0.4, 0.5) is 13.2 Å². The van der Waals surface area contributed by atoms with Gasteiger partial charge in [0.05, 0.1) is 16.3 Å². The summed E-state index contributed by atoms with van der Waals surface area (Å²) >= 11 is 1.52. The van der Waals surface area contributed by atoms with Crippen LogP contribution in [-0.4, -0.2) is 12.0 Å². The highest BCUT2D eigenvalue weighted by molar-refractivity contribution is 7.09. The van der Waals surface area contributed by atoms with Gasteiger partial charge in [0.25, 0.3) is 0 Å². The minimum Gasteiger partial charge on any atom is -0.312 e. The number of hydrogen-bond donors (Lipinski definition) is 1. The summed E-state index contributed by atoms with van der Waals surface area (Å²) in [6.07, 6.45) is -3.73. The molecule has 1 atom stereocenters. The fraction of sp³-hybridized carbons (Fsp3) is 0.357. The van der Waals surface area contributed by atoms with E-state index < -0.39 is 11.7 Å². The molecule has 2 nitrogen and oxygen atoms in total. The van der Waals surface area contributed by atoms with Crippen molar-refractivity contribution in [3.8, 4) is 0 Å². The monoisotopic (exact) mass is 300 g/mol. The van der Waals surface area contributed by atoms with Gasteiger partial charge in [0.15, 0.2) is 0 Å². The first kappa shape index (κ1) is 15.0. The summed E-state index contributed by atoms with van der Waals surface area (Å²) in [6.45, 7) is 2.01. The molecule has 1 aromatic heterocycles. The molecule has 0 aliphatic heterocycles. The zero-order valence-electron chi connectivity index (χ0n) is 11.2. The van der Waals surface area contributed by atoms with E-state index in [9.17, 15) is 13.2 Å². The number of benzene rings is 1. The Hall–Kier alpha value is -1.40. The van der Waals surface area contributed by atoms with Crippen molar-refractivity contribution in [1.82, 2.24) is 10.3 Å². The first-order chi connectivity index (χ1) is 9.40. The van der Waals surface area contributed by atoms with Gasteiger partial charge in [-0.05, 0) is 31.7 Å². The molecule has 0 saturated heterocycles. The van der Waals surface area contributed by atoms with E-state index in [4.69, 9.17) is 0 Å². The molecule has 0 aliphatic rings. The highest BCUT2D eigenvalue weighted by Crippen LogP contribution is 2.29. The van der Waals surface area contributed by atoms with Crippen molar-refractivity contribution < 1.29 is 13.2 Å². The topological polar surface area (TPSA) is 24.9 Å². The third kappa shape index (κ3) is 3.58. The number of thiazole rings is 1. The van der Waals surface area contributed by atoms with E-state index in [0.29, 0.717) is 6.42 Å². The lowest BCUT2D eigenvalue weighted by atomic mass is 10.1. The van der Waals surface area contributed by atoms with Crippen LogP contribution in [-0.2, 0) is 12.6 Å². The fourth-order valence-corrected chi connectivity index (χ4v) is 2.66. The third-order valence-corrected chi connectivity index (χ3v) is 3.95. The average molecular weight is 300 g/mol. The van der Waals surface area contributed by atoms with E-state index in [1.165, 1.54) is 23.5 Å². The van der Waals surface area contributed by atoms with Gasteiger partial charge in [0, 0.05) is 17.8 Å². The number of nitrogens with one attached hydrogen (secondary N) is 1. The van der Waals surface area contributed by atoms with Gasteiger partial charge in [-0.15, -0.1) is 11.3 Å². The normalized spacial score (nSPS) is 13.4. The van der Waals surface area contributed by atoms with Crippen molar-refractivity contribution >= 4 is 11.3 Å². The minimum atomic E-state index is -4.28. The summed E-state index contributed by atoms with van der Waals surface area (Å²) in [4.78, 5) is 4.48. The van der Waals surface area contributed by atoms with E-state index >= 15 is 0 Å². The third-order valence-electron chi connectivity index (χ3n) is 3.08. The minimum absolute atomic E-state index is 0.174. The van der Waals surface area contributed by atoms with E-state index in [-0.39, 0.29) is 6.04 Å². The maximum Gasteiger partial charge on any atom is 0.416 e. The molecule has 0 saturated carbocycles. The molecule has 1 aromatic carbocycles. The largest absolute Gasteiger partial charge is 0.416 e. The van der Waals surface area contributed by atoms with Crippen molar-refractivity contribution in [3.63, 3.8) is 0 Å². The Labute approximate surface area is 119 Å². The standard InChI is InChI=1S/C14H15F3N2S/c1-9(18-2)12-8-20-13(19-12)7-10-3-5-11(6-4-10)14(15,16)17/h3-6,8-9,18H,7H2,1-2H3. The predicted octanol–water partition coefficient (Wildman–Crippen LogP) is 4.03. The smallest absolute Gasteiger partial charge is 0.312 e. The van der Waals surface area contributed by atoms with Gasteiger partial charge < -0.3 is 5.32 Å². The lowest BCUT2D eigenvalue weighted by Crippen LogP contribution is -2.12. The summed E-state index contributed by atoms with van der Waals surface area (Å²) in [5.74, 6) is 0. The van der Waals surface area contributed by atoms with Gasteiger partial charge in [-0.25, -0.2) is 4.98 Å². The molecular weight excluding hydrogens is 285 g/mol. The Kier molecular flexibility index (Phi) is 4.45. The van der Waals surface area contributed by atoms with Crippen LogP contribution in [0.5, 0.6) is 0 Å². The van der Waals surface area contributed by atoms with Gasteiger partial charge in [-0.1, -0.05) is 12.1 Å². The zero-order valence-corrected chi connectivity index (χ0v) is 12.0. The second kappa shape index (κ2) is 5.93. The Morgan fingerprint density at radius 2 is 1.90 bits per heavy atom. The molecule has 0 fully saturated rings. The summed E-state index contributed by atoms with van der Waals surface area (Å²) in [6, 6.07) is 5.41. The van der Waals surface area contributed by atoms with Crippen LogP contribution >= 0.6 is 11.3 Å². The van der Waals surface area contributed by atoms with Crippen molar-refractivity contribution in [1.29, 1.82) is 0 Å². The quantitative estimate of drug-likeness (QED) is 0.922. The van der Waals surface area contributed by atoms with E-state index in [1.807, 2.05) is 19.4 Å². The number of halogens is 3. The molecule has 6 heteroatoms. The number of nitrogens with zero attached hydrogens (tertiary/aromatic N) is 1. The molecule has 0 bridgehead atoms. The molecule has 20 heavy (non-hydrogen) atoms. The summed E-state index contributed by atoms with van der Waals surface area (Å²) in [7, 11) is 1.86. The summed E-state index contributed by atoms with van der Waals surface area (Å²) in [5.41, 5.74) is 1.17. The van der Waals surface area contributed by atoms with Crippen LogP contribution < -0.4 is 5.32 Å². The first-order valence-corrected chi connectivity index (χ1v) is 7.06. The van der Waals surface area contributed by atoms with Crippen LogP contribution in [0.3, 0.4) is 0 Å². The highest BCUT2D eigenvalue weighted by Gasteiger charge is 2.29. The summed E-state index contributed by atoms with van der Waals surface area (Å²) in [5, 5.41) is 5.98. The Balaban J connectivity index is 2.08. The van der Waals surface area contributed by atoms with Gasteiger partial charge in [0.1, 0.15) is 0 Å². The molecule has 0 amide bonds. The molecule has 2 aromatic rings. The SMILES string of the molecule is CNC(C)c1csc(Cc2ccc(C(F)(F)F)cc2)n1. The first-order valence-electron chi connectivity index (χ1n) is 6.18. The number of aromatic nitrogens is 1. The Bertz CT molecular complexity index is 561. The molecule has 1 N–H and O–H groups in total. The van der Waals surface area contributed by atoms with Crippen molar-refractivity contribution in [3.05, 3.63) is 51.5 Å². The summed E-state index contributed by atoms with van der Waals surface area (Å²) < 4.78 is 37.4. The predicted molar refractivity (Wildman–Crippen MR) is 73.8 cm³/mol. The molecule has 1 unspecified atom stereocenters. The number of alkyl halides is 3. The van der Waals surface area contributed by atoms with E-state index in [1.54, 1.807) is 0 Å². The van der Waals surface area contributed by atoms with Crippen molar-refractivity contribution in [2.75, 3.05) is 7.05 Å². The average Bonchev–Trinajstić information content (AvgIpc) is 2.86. The Morgan fingerprint density at radius 3 is 2.45 bits per heavy atom. The second-order valence-electron chi connectivity index (χ2n) is 4.55. The molecule has 2 rings (SSSR count). The van der Waals surface area contributed by atoms with Crippen LogP contribution in [0.15, 0.2) is 29.6 Å². The van der Waals surface area contributed by atoms with Gasteiger partial charge in [-0.2, -0.15) is 13.2 Å². The second-order valence-corrected chi connectivity index (χ2v) is 5.49. The van der Waals surface area contributed by atoms with Gasteiger partial charge >= 0.3 is 6.18 Å². The molecule has 0 spiro atoms. The molecule has 0 aliphatic carbocycles. The maximum atomic E-state index is 12.5. The zero-order chi connectivity index (χ0) is 14.8. The maximum absolute atomic E-state index is 12.5. The van der Waals surface area contributed by atoms with Crippen molar-refractivity contribution in [2.45, 2.75) is 25.6 Å². The molecule has 1 heterocycles. The lowest BCUT2D eigenvalue weighted by Gasteiger charge is -2.07. The van der Waals surface area contributed by atoms with Gasteiger partial charge in [0.2, 0.25) is 0 Å².